The van der Waals surface area contributed by atoms with Crippen LogP contribution in [-0.2, 0) is 16.1 Å². The Balaban J connectivity index is 1.81. The van der Waals surface area contributed by atoms with E-state index in [4.69, 9.17) is 9.52 Å². The number of amides is 1. The monoisotopic (exact) mass is 262 g/mol. The van der Waals surface area contributed by atoms with Gasteiger partial charge in [-0.15, -0.1) is 0 Å². The fraction of sp³-hybridized carbons (Fsp3) is 0.308. The van der Waals surface area contributed by atoms with Gasteiger partial charge in [0.25, 0.3) is 0 Å². The van der Waals surface area contributed by atoms with Crippen LogP contribution in [0.2, 0.25) is 0 Å². The molecule has 0 aliphatic heterocycles. The fourth-order valence-corrected chi connectivity index (χ4v) is 1.70. The highest BCUT2D eigenvalue weighted by Gasteiger charge is 2.05. The second kappa shape index (κ2) is 5.99. The Morgan fingerprint density at radius 3 is 2.95 bits per heavy atom. The average Bonchev–Trinajstić information content (AvgIpc) is 2.83. The van der Waals surface area contributed by atoms with Gasteiger partial charge in [0, 0.05) is 19.4 Å². The molecule has 0 aliphatic rings. The summed E-state index contributed by atoms with van der Waals surface area (Å²) in [5, 5.41) is 11.2. The zero-order valence-corrected chi connectivity index (χ0v) is 10.3. The Bertz CT molecular complexity index is 591. The van der Waals surface area contributed by atoms with Crippen LogP contribution in [0.3, 0.4) is 0 Å². The normalized spacial score (nSPS) is 10.5. The molecular weight excluding hydrogens is 248 g/mol. The van der Waals surface area contributed by atoms with Crippen molar-refractivity contribution in [2.24, 2.45) is 0 Å². The van der Waals surface area contributed by atoms with E-state index in [0.29, 0.717) is 18.5 Å². The first kappa shape index (κ1) is 13.1. The van der Waals surface area contributed by atoms with Crippen LogP contribution in [0.15, 0.2) is 29.0 Å². The molecule has 2 aromatic rings. The predicted octanol–water partition coefficient (Wildman–Crippen LogP) is 1.70. The molecule has 0 radical (unpaired) electrons. The smallest absolute Gasteiger partial charge is 0.303 e. The minimum absolute atomic E-state index is 0.0114. The number of carbonyl (C=O) groups is 2. The zero-order chi connectivity index (χ0) is 13.7. The topological polar surface area (TPSA) is 92.4 Å². The summed E-state index contributed by atoms with van der Waals surface area (Å²) in [6, 6.07) is 5.51. The third-order valence-corrected chi connectivity index (χ3v) is 2.68. The lowest BCUT2D eigenvalue weighted by molar-refractivity contribution is -0.137. The molecule has 2 N–H and O–H groups in total. The summed E-state index contributed by atoms with van der Waals surface area (Å²) in [5.74, 6) is -1.04. The molecular formula is C13H14N2O4. The van der Waals surface area contributed by atoms with E-state index < -0.39 is 5.97 Å². The maximum absolute atomic E-state index is 11.5. The van der Waals surface area contributed by atoms with Crippen LogP contribution in [0.25, 0.3) is 11.1 Å². The molecule has 6 nitrogen and oxygen atoms in total. The van der Waals surface area contributed by atoms with Gasteiger partial charge in [-0.2, -0.15) is 0 Å². The van der Waals surface area contributed by atoms with Crippen molar-refractivity contribution in [3.05, 3.63) is 30.2 Å². The molecule has 0 spiro atoms. The Hall–Kier alpha value is -2.37. The molecule has 0 bridgehead atoms. The first-order chi connectivity index (χ1) is 9.15. The van der Waals surface area contributed by atoms with Gasteiger partial charge >= 0.3 is 5.97 Å². The minimum atomic E-state index is -0.886. The SMILES string of the molecule is O=C(O)CCCC(=O)NCc1ccc2ncoc2c1. The molecule has 1 aromatic carbocycles. The number of aliphatic carboxylic acids is 1. The molecule has 0 saturated heterocycles. The van der Waals surface area contributed by atoms with E-state index >= 15 is 0 Å². The highest BCUT2D eigenvalue weighted by atomic mass is 16.4. The van der Waals surface area contributed by atoms with Crippen LogP contribution in [0.1, 0.15) is 24.8 Å². The highest BCUT2D eigenvalue weighted by molar-refractivity contribution is 5.77. The number of fused-ring (bicyclic) bond motifs is 1. The predicted molar refractivity (Wildman–Crippen MR) is 67.3 cm³/mol. The fourth-order valence-electron chi connectivity index (χ4n) is 1.70. The Kier molecular flexibility index (Phi) is 4.12. The quantitative estimate of drug-likeness (QED) is 0.826. The summed E-state index contributed by atoms with van der Waals surface area (Å²) >= 11 is 0. The van der Waals surface area contributed by atoms with Crippen molar-refractivity contribution in [2.75, 3.05) is 0 Å². The van der Waals surface area contributed by atoms with Crippen LogP contribution >= 0.6 is 0 Å². The third kappa shape index (κ3) is 3.80. The van der Waals surface area contributed by atoms with Crippen LogP contribution < -0.4 is 5.32 Å². The lowest BCUT2D eigenvalue weighted by Gasteiger charge is -2.04. The number of carbonyl (C=O) groups excluding carboxylic acids is 1. The standard InChI is InChI=1S/C13H14N2O4/c16-12(2-1-3-13(17)18)14-7-9-4-5-10-11(6-9)19-8-15-10/h4-6,8H,1-3,7H2,(H,14,16)(H,17,18). The van der Waals surface area contributed by atoms with Crippen molar-refractivity contribution < 1.29 is 19.1 Å². The Morgan fingerprint density at radius 2 is 2.16 bits per heavy atom. The van der Waals surface area contributed by atoms with E-state index in [1.54, 1.807) is 0 Å². The van der Waals surface area contributed by atoms with Gasteiger partial charge in [-0.1, -0.05) is 6.07 Å². The first-order valence-corrected chi connectivity index (χ1v) is 5.96. The Morgan fingerprint density at radius 1 is 1.32 bits per heavy atom. The lowest BCUT2D eigenvalue weighted by Crippen LogP contribution is -2.22. The molecule has 100 valence electrons. The summed E-state index contributed by atoms with van der Waals surface area (Å²) in [5.41, 5.74) is 2.37. The van der Waals surface area contributed by atoms with E-state index in [0.717, 1.165) is 11.1 Å². The number of nitrogens with zero attached hydrogens (tertiary/aromatic N) is 1. The number of carboxylic acids is 1. The van der Waals surface area contributed by atoms with Crippen molar-refractivity contribution >= 4 is 23.0 Å². The third-order valence-electron chi connectivity index (χ3n) is 2.68. The van der Waals surface area contributed by atoms with E-state index in [-0.39, 0.29) is 18.7 Å². The molecule has 0 atom stereocenters. The first-order valence-electron chi connectivity index (χ1n) is 5.96. The van der Waals surface area contributed by atoms with Crippen LogP contribution in [-0.4, -0.2) is 22.0 Å². The van der Waals surface area contributed by atoms with Gasteiger partial charge in [-0.05, 0) is 24.1 Å². The zero-order valence-electron chi connectivity index (χ0n) is 10.3. The molecule has 1 amide bonds. The maximum Gasteiger partial charge on any atom is 0.303 e. The van der Waals surface area contributed by atoms with Gasteiger partial charge < -0.3 is 14.8 Å². The molecule has 0 unspecified atom stereocenters. The van der Waals surface area contributed by atoms with Crippen LogP contribution in [0.5, 0.6) is 0 Å². The number of hydrogen-bond donors (Lipinski definition) is 2. The lowest BCUT2D eigenvalue weighted by atomic mass is 10.2. The molecule has 1 aromatic heterocycles. The molecule has 2 rings (SSSR count). The summed E-state index contributed by atoms with van der Waals surface area (Å²) < 4.78 is 5.17. The molecule has 0 saturated carbocycles. The minimum Gasteiger partial charge on any atom is -0.481 e. The summed E-state index contributed by atoms with van der Waals surface area (Å²) in [6.07, 6.45) is 1.95. The largest absolute Gasteiger partial charge is 0.481 e. The van der Waals surface area contributed by atoms with Gasteiger partial charge in [-0.3, -0.25) is 9.59 Å². The van der Waals surface area contributed by atoms with Gasteiger partial charge in [0.15, 0.2) is 12.0 Å². The summed E-state index contributed by atoms with van der Waals surface area (Å²) in [6.45, 7) is 0.391. The summed E-state index contributed by atoms with van der Waals surface area (Å²) in [4.78, 5) is 25.8. The van der Waals surface area contributed by atoms with Gasteiger partial charge in [-0.25, -0.2) is 4.98 Å². The number of nitrogens with one attached hydrogen (secondary N) is 1. The van der Waals surface area contributed by atoms with Gasteiger partial charge in [0.05, 0.1) is 0 Å². The molecule has 19 heavy (non-hydrogen) atoms. The number of benzene rings is 1. The van der Waals surface area contributed by atoms with Crippen LogP contribution in [0, 0.1) is 0 Å². The van der Waals surface area contributed by atoms with E-state index in [9.17, 15) is 9.59 Å². The summed E-state index contributed by atoms with van der Waals surface area (Å²) in [7, 11) is 0. The molecule has 6 heteroatoms. The number of oxazole rings is 1. The van der Waals surface area contributed by atoms with Crippen molar-refractivity contribution in [3.8, 4) is 0 Å². The van der Waals surface area contributed by atoms with Gasteiger partial charge in [0.1, 0.15) is 5.52 Å². The average molecular weight is 262 g/mol. The van der Waals surface area contributed by atoms with E-state index in [1.165, 1.54) is 6.39 Å². The Labute approximate surface area is 109 Å². The molecule has 0 fully saturated rings. The van der Waals surface area contributed by atoms with Crippen molar-refractivity contribution in [3.63, 3.8) is 0 Å². The van der Waals surface area contributed by atoms with E-state index in [1.807, 2.05) is 18.2 Å². The highest BCUT2D eigenvalue weighted by Crippen LogP contribution is 2.14. The van der Waals surface area contributed by atoms with Crippen LogP contribution in [0.4, 0.5) is 0 Å². The van der Waals surface area contributed by atoms with E-state index in [2.05, 4.69) is 10.3 Å². The van der Waals surface area contributed by atoms with Crippen molar-refractivity contribution in [1.29, 1.82) is 0 Å². The second-order valence-corrected chi connectivity index (χ2v) is 4.18. The number of hydrogen-bond acceptors (Lipinski definition) is 4. The number of carboxylic acid groups (broad SMARTS) is 1. The number of rotatable bonds is 6. The van der Waals surface area contributed by atoms with Crippen molar-refractivity contribution in [1.82, 2.24) is 10.3 Å². The van der Waals surface area contributed by atoms with Gasteiger partial charge in [0.2, 0.25) is 5.91 Å². The molecule has 0 aliphatic carbocycles. The van der Waals surface area contributed by atoms with Crippen molar-refractivity contribution in [2.45, 2.75) is 25.8 Å². The molecule has 1 heterocycles. The second-order valence-electron chi connectivity index (χ2n) is 4.18. The number of aromatic nitrogens is 1. The maximum atomic E-state index is 11.5.